The SMILES string of the molecule is CCCC(NCC(C)N(C)C)c1cccc([N+](=O)[O-])c1. The Morgan fingerprint density at radius 2 is 2.10 bits per heavy atom. The van der Waals surface area contributed by atoms with Gasteiger partial charge in [0.2, 0.25) is 0 Å². The van der Waals surface area contributed by atoms with Gasteiger partial charge in [0.1, 0.15) is 0 Å². The minimum atomic E-state index is -0.338. The lowest BCUT2D eigenvalue weighted by atomic mass is 10.0. The lowest BCUT2D eigenvalue weighted by molar-refractivity contribution is -0.384. The Hall–Kier alpha value is -1.46. The maximum atomic E-state index is 10.9. The molecule has 0 saturated carbocycles. The molecular formula is C15H25N3O2. The Bertz CT molecular complexity index is 435. The third-order valence-electron chi connectivity index (χ3n) is 3.60. The zero-order valence-electron chi connectivity index (χ0n) is 12.8. The van der Waals surface area contributed by atoms with Gasteiger partial charge in [-0.2, -0.15) is 0 Å². The van der Waals surface area contributed by atoms with E-state index in [-0.39, 0.29) is 16.7 Å². The van der Waals surface area contributed by atoms with Crippen LogP contribution in [-0.2, 0) is 0 Å². The maximum absolute atomic E-state index is 10.9. The summed E-state index contributed by atoms with van der Waals surface area (Å²) >= 11 is 0. The Balaban J connectivity index is 2.79. The molecule has 2 atom stereocenters. The third-order valence-corrected chi connectivity index (χ3v) is 3.60. The fourth-order valence-electron chi connectivity index (χ4n) is 2.03. The summed E-state index contributed by atoms with van der Waals surface area (Å²) in [5.41, 5.74) is 1.15. The summed E-state index contributed by atoms with van der Waals surface area (Å²) in [7, 11) is 4.10. The fourth-order valence-corrected chi connectivity index (χ4v) is 2.03. The van der Waals surface area contributed by atoms with Gasteiger partial charge in [0.15, 0.2) is 0 Å². The van der Waals surface area contributed by atoms with Gasteiger partial charge in [0.25, 0.3) is 5.69 Å². The average molecular weight is 279 g/mol. The molecule has 0 aliphatic heterocycles. The quantitative estimate of drug-likeness (QED) is 0.587. The first kappa shape index (κ1) is 16.6. The normalized spacial score (nSPS) is 14.2. The van der Waals surface area contributed by atoms with Crippen molar-refractivity contribution < 1.29 is 4.92 Å². The van der Waals surface area contributed by atoms with Crippen LogP contribution in [0.4, 0.5) is 5.69 Å². The Morgan fingerprint density at radius 3 is 2.65 bits per heavy atom. The maximum Gasteiger partial charge on any atom is 0.269 e. The predicted octanol–water partition coefficient (Wildman–Crippen LogP) is 2.98. The summed E-state index contributed by atoms with van der Waals surface area (Å²) in [6.45, 7) is 5.14. The van der Waals surface area contributed by atoms with E-state index in [9.17, 15) is 10.1 Å². The Kier molecular flexibility index (Phi) is 6.61. The monoisotopic (exact) mass is 279 g/mol. The molecule has 5 heteroatoms. The van der Waals surface area contributed by atoms with Crippen LogP contribution in [0.15, 0.2) is 24.3 Å². The van der Waals surface area contributed by atoms with Crippen molar-refractivity contribution in [2.24, 2.45) is 0 Å². The minimum absolute atomic E-state index is 0.158. The van der Waals surface area contributed by atoms with Crippen LogP contribution < -0.4 is 5.32 Å². The van der Waals surface area contributed by atoms with Crippen molar-refractivity contribution in [2.75, 3.05) is 20.6 Å². The van der Waals surface area contributed by atoms with E-state index in [4.69, 9.17) is 0 Å². The lowest BCUT2D eigenvalue weighted by Gasteiger charge is -2.24. The van der Waals surface area contributed by atoms with Crippen molar-refractivity contribution in [2.45, 2.75) is 38.8 Å². The van der Waals surface area contributed by atoms with E-state index >= 15 is 0 Å². The van der Waals surface area contributed by atoms with E-state index in [0.29, 0.717) is 6.04 Å². The zero-order valence-corrected chi connectivity index (χ0v) is 12.8. The topological polar surface area (TPSA) is 58.4 Å². The van der Waals surface area contributed by atoms with Gasteiger partial charge in [0.05, 0.1) is 4.92 Å². The van der Waals surface area contributed by atoms with E-state index in [2.05, 4.69) is 38.2 Å². The molecule has 20 heavy (non-hydrogen) atoms. The summed E-state index contributed by atoms with van der Waals surface area (Å²) in [6, 6.07) is 7.52. The first-order valence-corrected chi connectivity index (χ1v) is 7.09. The molecule has 5 nitrogen and oxygen atoms in total. The largest absolute Gasteiger partial charge is 0.308 e. The molecule has 0 heterocycles. The van der Waals surface area contributed by atoms with Crippen molar-refractivity contribution in [3.63, 3.8) is 0 Å². The molecule has 1 aromatic rings. The van der Waals surface area contributed by atoms with Gasteiger partial charge in [-0.1, -0.05) is 25.5 Å². The number of nitrogens with zero attached hydrogens (tertiary/aromatic N) is 2. The second-order valence-electron chi connectivity index (χ2n) is 5.41. The van der Waals surface area contributed by atoms with Gasteiger partial charge in [-0.15, -0.1) is 0 Å². The highest BCUT2D eigenvalue weighted by Gasteiger charge is 2.15. The first-order chi connectivity index (χ1) is 9.45. The average Bonchev–Trinajstić information content (AvgIpc) is 2.43. The Morgan fingerprint density at radius 1 is 1.40 bits per heavy atom. The van der Waals surface area contributed by atoms with Crippen LogP contribution in [0.25, 0.3) is 0 Å². The van der Waals surface area contributed by atoms with Crippen LogP contribution in [-0.4, -0.2) is 36.5 Å². The fraction of sp³-hybridized carbons (Fsp3) is 0.600. The van der Waals surface area contributed by atoms with E-state index in [1.54, 1.807) is 12.1 Å². The van der Waals surface area contributed by atoms with E-state index in [1.807, 2.05) is 6.07 Å². The molecule has 1 N–H and O–H groups in total. The van der Waals surface area contributed by atoms with E-state index < -0.39 is 0 Å². The van der Waals surface area contributed by atoms with Gasteiger partial charge in [-0.25, -0.2) is 0 Å². The Labute approximate surface area is 121 Å². The minimum Gasteiger partial charge on any atom is -0.308 e. The summed E-state index contributed by atoms with van der Waals surface area (Å²) in [5, 5.41) is 14.4. The molecule has 2 unspecified atom stereocenters. The molecular weight excluding hydrogens is 254 g/mol. The van der Waals surface area contributed by atoms with Gasteiger partial charge < -0.3 is 10.2 Å². The molecule has 1 rings (SSSR count). The predicted molar refractivity (Wildman–Crippen MR) is 81.9 cm³/mol. The van der Waals surface area contributed by atoms with E-state index in [1.165, 1.54) is 6.07 Å². The summed E-state index contributed by atoms with van der Waals surface area (Å²) in [6.07, 6.45) is 2.01. The number of rotatable bonds is 8. The van der Waals surface area contributed by atoms with Gasteiger partial charge in [-0.05, 0) is 33.0 Å². The number of benzene rings is 1. The van der Waals surface area contributed by atoms with Crippen molar-refractivity contribution in [1.82, 2.24) is 10.2 Å². The molecule has 1 aromatic carbocycles. The van der Waals surface area contributed by atoms with Crippen molar-refractivity contribution in [3.8, 4) is 0 Å². The second-order valence-corrected chi connectivity index (χ2v) is 5.41. The molecule has 112 valence electrons. The molecule has 0 aliphatic carbocycles. The summed E-state index contributed by atoms with van der Waals surface area (Å²) in [5.74, 6) is 0. The number of likely N-dealkylation sites (N-methyl/N-ethyl adjacent to an activating group) is 1. The number of hydrogen-bond donors (Lipinski definition) is 1. The van der Waals surface area contributed by atoms with Gasteiger partial charge >= 0.3 is 0 Å². The summed E-state index contributed by atoms with van der Waals surface area (Å²) in [4.78, 5) is 12.7. The molecule has 0 radical (unpaired) electrons. The van der Waals surface area contributed by atoms with Crippen LogP contribution >= 0.6 is 0 Å². The molecule has 0 bridgehead atoms. The standard InChI is InChI=1S/C15H25N3O2/c1-5-7-15(16-11-12(2)17(3)4)13-8-6-9-14(10-13)18(19)20/h6,8-10,12,15-16H,5,7,11H2,1-4H3. The van der Waals surface area contributed by atoms with E-state index in [0.717, 1.165) is 24.9 Å². The molecule has 0 spiro atoms. The smallest absolute Gasteiger partial charge is 0.269 e. The molecule has 0 aromatic heterocycles. The van der Waals surface area contributed by atoms with Crippen LogP contribution in [0.2, 0.25) is 0 Å². The summed E-state index contributed by atoms with van der Waals surface area (Å²) < 4.78 is 0. The first-order valence-electron chi connectivity index (χ1n) is 7.09. The van der Waals surface area contributed by atoms with Crippen LogP contribution in [0.1, 0.15) is 38.3 Å². The van der Waals surface area contributed by atoms with Crippen molar-refractivity contribution in [1.29, 1.82) is 0 Å². The van der Waals surface area contributed by atoms with Crippen molar-refractivity contribution >= 4 is 5.69 Å². The van der Waals surface area contributed by atoms with Gasteiger partial charge in [-0.3, -0.25) is 10.1 Å². The number of hydrogen-bond acceptors (Lipinski definition) is 4. The number of nitro benzene ring substituents is 1. The number of non-ortho nitro benzene ring substituents is 1. The molecule has 0 aliphatic rings. The number of nitro groups is 1. The van der Waals surface area contributed by atoms with Gasteiger partial charge in [0, 0.05) is 30.8 Å². The molecule has 0 saturated heterocycles. The van der Waals surface area contributed by atoms with Crippen LogP contribution in [0.3, 0.4) is 0 Å². The molecule has 0 amide bonds. The third kappa shape index (κ3) is 4.90. The van der Waals surface area contributed by atoms with Crippen LogP contribution in [0, 0.1) is 10.1 Å². The lowest BCUT2D eigenvalue weighted by Crippen LogP contribution is -2.37. The molecule has 0 fully saturated rings. The highest BCUT2D eigenvalue weighted by molar-refractivity contribution is 5.35. The second kappa shape index (κ2) is 7.97. The van der Waals surface area contributed by atoms with Crippen LogP contribution in [0.5, 0.6) is 0 Å². The zero-order chi connectivity index (χ0) is 15.1. The highest BCUT2D eigenvalue weighted by Crippen LogP contribution is 2.22. The highest BCUT2D eigenvalue weighted by atomic mass is 16.6. The number of nitrogens with one attached hydrogen (secondary N) is 1. The van der Waals surface area contributed by atoms with Crippen molar-refractivity contribution in [3.05, 3.63) is 39.9 Å².